The van der Waals surface area contributed by atoms with Gasteiger partial charge in [0.1, 0.15) is 0 Å². The molecule has 26 heavy (non-hydrogen) atoms. The molecule has 0 aliphatic carbocycles. The summed E-state index contributed by atoms with van der Waals surface area (Å²) in [5, 5.41) is 2.29. The number of rotatable bonds is 18. The molecule has 3 nitrogen and oxygen atoms in total. The van der Waals surface area contributed by atoms with Crippen molar-refractivity contribution in [3.63, 3.8) is 0 Å². The van der Waals surface area contributed by atoms with Crippen LogP contribution in [0.1, 0.15) is 130 Å². The van der Waals surface area contributed by atoms with E-state index in [1.54, 1.807) is 0 Å². The predicted molar refractivity (Wildman–Crippen MR) is 115 cm³/mol. The number of nitrogens with one attached hydrogen (secondary N) is 2. The van der Waals surface area contributed by atoms with Crippen molar-refractivity contribution >= 4 is 0 Å². The predicted octanol–water partition coefficient (Wildman–Crippen LogP) is 7.21. The van der Waals surface area contributed by atoms with Crippen LogP contribution in [0.2, 0.25) is 0 Å². The minimum Gasteiger partial charge on any atom is -0.310 e. The third-order valence-electron chi connectivity index (χ3n) is 6.31. The van der Waals surface area contributed by atoms with Gasteiger partial charge in [-0.05, 0) is 19.3 Å². The van der Waals surface area contributed by atoms with E-state index >= 15 is 0 Å². The number of unbranched alkanes of at least 4 members (excludes halogenated alkanes) is 13. The van der Waals surface area contributed by atoms with Crippen molar-refractivity contribution in [1.82, 2.24) is 16.0 Å². The highest BCUT2D eigenvalue weighted by atomic mass is 15.7. The molecule has 0 atom stereocenters. The van der Waals surface area contributed by atoms with Crippen LogP contribution in [0, 0.1) is 0 Å². The van der Waals surface area contributed by atoms with Gasteiger partial charge >= 0.3 is 0 Å². The lowest BCUT2D eigenvalue weighted by Crippen LogP contribution is -2.52. The second-order valence-corrected chi connectivity index (χ2v) is 8.22. The van der Waals surface area contributed by atoms with Crippen molar-refractivity contribution in [2.24, 2.45) is 0 Å². The van der Waals surface area contributed by atoms with E-state index in [-0.39, 0.29) is 5.54 Å². The SMILES string of the molecule is CCCCCCCCCCCCCCCCC(CC)(CC)N1C=CNN1. The Morgan fingerprint density at radius 3 is 1.50 bits per heavy atom. The third kappa shape index (κ3) is 9.30. The van der Waals surface area contributed by atoms with Gasteiger partial charge in [-0.3, -0.25) is 5.01 Å². The molecule has 0 fully saturated rings. The van der Waals surface area contributed by atoms with Crippen LogP contribution < -0.4 is 11.0 Å². The van der Waals surface area contributed by atoms with Crippen molar-refractivity contribution in [3.8, 4) is 0 Å². The van der Waals surface area contributed by atoms with Crippen LogP contribution in [0.25, 0.3) is 0 Å². The Balaban J connectivity index is 1.93. The fourth-order valence-electron chi connectivity index (χ4n) is 4.25. The normalized spacial score (nSPS) is 14.2. The Labute approximate surface area is 164 Å². The summed E-state index contributed by atoms with van der Waals surface area (Å²) >= 11 is 0. The van der Waals surface area contributed by atoms with Gasteiger partial charge in [-0.15, -0.1) is 5.53 Å². The molecule has 0 bridgehead atoms. The van der Waals surface area contributed by atoms with Crippen LogP contribution >= 0.6 is 0 Å². The third-order valence-corrected chi connectivity index (χ3v) is 6.31. The van der Waals surface area contributed by atoms with E-state index in [4.69, 9.17) is 0 Å². The molecule has 0 aromatic rings. The lowest BCUT2D eigenvalue weighted by Gasteiger charge is -2.40. The smallest absolute Gasteiger partial charge is 0.0569 e. The molecule has 0 unspecified atom stereocenters. The highest BCUT2D eigenvalue weighted by Crippen LogP contribution is 2.30. The maximum absolute atomic E-state index is 3.27. The van der Waals surface area contributed by atoms with E-state index in [1.807, 2.05) is 6.20 Å². The second-order valence-electron chi connectivity index (χ2n) is 8.22. The van der Waals surface area contributed by atoms with E-state index in [0.717, 1.165) is 0 Å². The molecule has 0 amide bonds. The number of nitrogens with zero attached hydrogens (tertiary/aromatic N) is 1. The van der Waals surface area contributed by atoms with Crippen LogP contribution in [0.15, 0.2) is 12.4 Å². The molecule has 1 aliphatic rings. The van der Waals surface area contributed by atoms with Gasteiger partial charge in [-0.2, -0.15) is 0 Å². The minimum absolute atomic E-state index is 0.275. The molecule has 0 saturated carbocycles. The number of hydrazine groups is 2. The van der Waals surface area contributed by atoms with Gasteiger partial charge in [0, 0.05) is 12.4 Å². The van der Waals surface area contributed by atoms with Gasteiger partial charge in [-0.1, -0.05) is 111 Å². The standard InChI is InChI=1S/C23H47N3/c1-4-7-8-9-10-11-12-13-14-15-16-17-18-19-20-23(5-2,6-3)26-22-21-24-25-26/h21-22,24-25H,4-20H2,1-3H3. The van der Waals surface area contributed by atoms with Crippen molar-refractivity contribution in [2.75, 3.05) is 0 Å². The Morgan fingerprint density at radius 1 is 0.654 bits per heavy atom. The Kier molecular flexibility index (Phi) is 13.8. The molecular weight excluding hydrogens is 318 g/mol. The monoisotopic (exact) mass is 365 g/mol. The first kappa shape index (κ1) is 23.3. The van der Waals surface area contributed by atoms with Gasteiger partial charge in [0.2, 0.25) is 0 Å². The molecule has 1 heterocycles. The molecule has 1 rings (SSSR count). The first-order chi connectivity index (χ1) is 12.8. The summed E-state index contributed by atoms with van der Waals surface area (Å²) in [5.41, 5.74) is 6.64. The molecular formula is C23H47N3. The van der Waals surface area contributed by atoms with E-state index in [1.165, 1.54) is 109 Å². The Hall–Kier alpha value is -0.700. The number of hydrogen-bond acceptors (Lipinski definition) is 3. The van der Waals surface area contributed by atoms with Crippen molar-refractivity contribution < 1.29 is 0 Å². The lowest BCUT2D eigenvalue weighted by molar-refractivity contribution is 0.0681. The summed E-state index contributed by atoms with van der Waals surface area (Å²) in [7, 11) is 0. The van der Waals surface area contributed by atoms with Crippen molar-refractivity contribution in [1.29, 1.82) is 0 Å². The van der Waals surface area contributed by atoms with Crippen molar-refractivity contribution in [2.45, 2.75) is 135 Å². The molecule has 1 aliphatic heterocycles. The maximum Gasteiger partial charge on any atom is 0.0569 e. The van der Waals surface area contributed by atoms with E-state index in [9.17, 15) is 0 Å². The summed E-state index contributed by atoms with van der Waals surface area (Å²) in [6.07, 6.45) is 27.9. The minimum atomic E-state index is 0.275. The molecule has 2 N–H and O–H groups in total. The van der Waals surface area contributed by atoms with Gasteiger partial charge < -0.3 is 5.43 Å². The van der Waals surface area contributed by atoms with E-state index in [2.05, 4.69) is 42.9 Å². The zero-order chi connectivity index (χ0) is 18.9. The highest BCUT2D eigenvalue weighted by Gasteiger charge is 2.32. The largest absolute Gasteiger partial charge is 0.310 e. The first-order valence-corrected chi connectivity index (χ1v) is 11.8. The van der Waals surface area contributed by atoms with Crippen LogP contribution in [-0.4, -0.2) is 10.5 Å². The molecule has 154 valence electrons. The van der Waals surface area contributed by atoms with Gasteiger partial charge in [0.15, 0.2) is 0 Å². The number of hydrogen-bond donors (Lipinski definition) is 2. The van der Waals surface area contributed by atoms with Crippen LogP contribution in [0.4, 0.5) is 0 Å². The summed E-state index contributed by atoms with van der Waals surface area (Å²) in [6.45, 7) is 6.94. The van der Waals surface area contributed by atoms with Crippen LogP contribution in [-0.2, 0) is 0 Å². The molecule has 0 aromatic heterocycles. The van der Waals surface area contributed by atoms with Gasteiger partial charge in [-0.25, -0.2) is 0 Å². The Bertz CT molecular complexity index is 336. The van der Waals surface area contributed by atoms with E-state index in [0.29, 0.717) is 0 Å². The maximum atomic E-state index is 3.27. The quantitative estimate of drug-likeness (QED) is 0.251. The fraction of sp³-hybridized carbons (Fsp3) is 0.913. The van der Waals surface area contributed by atoms with Crippen LogP contribution in [0.5, 0.6) is 0 Å². The zero-order valence-corrected chi connectivity index (χ0v) is 18.1. The van der Waals surface area contributed by atoms with E-state index < -0.39 is 0 Å². The second kappa shape index (κ2) is 15.4. The average molecular weight is 366 g/mol. The van der Waals surface area contributed by atoms with Crippen molar-refractivity contribution in [3.05, 3.63) is 12.4 Å². The summed E-state index contributed by atoms with van der Waals surface area (Å²) in [4.78, 5) is 0. The molecule has 0 aromatic carbocycles. The molecule has 3 heteroatoms. The summed E-state index contributed by atoms with van der Waals surface area (Å²) < 4.78 is 0. The molecule has 0 radical (unpaired) electrons. The topological polar surface area (TPSA) is 27.3 Å². The molecule has 0 spiro atoms. The fourth-order valence-corrected chi connectivity index (χ4v) is 4.25. The first-order valence-electron chi connectivity index (χ1n) is 11.8. The summed E-state index contributed by atoms with van der Waals surface area (Å²) in [6, 6.07) is 0. The Morgan fingerprint density at radius 2 is 1.12 bits per heavy atom. The van der Waals surface area contributed by atoms with Gasteiger partial charge in [0.25, 0.3) is 0 Å². The van der Waals surface area contributed by atoms with Gasteiger partial charge in [0.05, 0.1) is 5.54 Å². The summed E-state index contributed by atoms with van der Waals surface area (Å²) in [5.74, 6) is 0. The highest BCUT2D eigenvalue weighted by molar-refractivity contribution is 4.96. The molecule has 0 saturated heterocycles. The zero-order valence-electron chi connectivity index (χ0n) is 18.1. The lowest BCUT2D eigenvalue weighted by atomic mass is 9.86. The van der Waals surface area contributed by atoms with Crippen LogP contribution in [0.3, 0.4) is 0 Å². The average Bonchev–Trinajstić information content (AvgIpc) is 3.21.